The summed E-state index contributed by atoms with van der Waals surface area (Å²) in [5, 5.41) is 6.54. The lowest BCUT2D eigenvalue weighted by Gasteiger charge is -2.33. The van der Waals surface area contributed by atoms with Crippen molar-refractivity contribution in [2.24, 2.45) is 4.99 Å². The van der Waals surface area contributed by atoms with Crippen molar-refractivity contribution >= 4 is 45.6 Å². The molecule has 0 saturated carbocycles. The molecule has 0 aliphatic carbocycles. The predicted molar refractivity (Wildman–Crippen MR) is 132 cm³/mol. The van der Waals surface area contributed by atoms with Crippen molar-refractivity contribution in [2.45, 2.75) is 30.7 Å². The van der Waals surface area contributed by atoms with E-state index in [1.807, 2.05) is 25.1 Å². The van der Waals surface area contributed by atoms with Gasteiger partial charge in [0, 0.05) is 31.9 Å². The Morgan fingerprint density at radius 2 is 1.90 bits per heavy atom. The van der Waals surface area contributed by atoms with Gasteiger partial charge in [-0.15, -0.1) is 24.0 Å². The number of pyridine rings is 1. The van der Waals surface area contributed by atoms with Gasteiger partial charge in [0.25, 0.3) is 0 Å². The Balaban J connectivity index is 0.00000341. The molecule has 170 valence electrons. The average Bonchev–Trinajstić information content (AvgIpc) is 2.75. The number of halogens is 2. The Labute approximate surface area is 200 Å². The first-order valence-corrected chi connectivity index (χ1v) is 11.8. The maximum atomic E-state index is 13.8. The highest BCUT2D eigenvalue weighted by Gasteiger charge is 2.21. The van der Waals surface area contributed by atoms with E-state index in [0.29, 0.717) is 12.5 Å². The van der Waals surface area contributed by atoms with Gasteiger partial charge >= 0.3 is 0 Å². The zero-order valence-corrected chi connectivity index (χ0v) is 20.6. The molecule has 1 aliphatic heterocycles. The number of hydrogen-bond acceptors (Lipinski definition) is 5. The van der Waals surface area contributed by atoms with Crippen molar-refractivity contribution in [1.29, 1.82) is 0 Å². The van der Waals surface area contributed by atoms with E-state index >= 15 is 0 Å². The smallest absolute Gasteiger partial charge is 0.191 e. The number of guanidine groups is 1. The van der Waals surface area contributed by atoms with Gasteiger partial charge in [0.05, 0.1) is 12.3 Å². The minimum atomic E-state index is -3.72. The van der Waals surface area contributed by atoms with E-state index in [1.165, 1.54) is 18.2 Å². The number of aliphatic imine (C=N–C) groups is 1. The zero-order chi connectivity index (χ0) is 21.4. The lowest BCUT2D eigenvalue weighted by molar-refractivity contribution is 0.460. The summed E-state index contributed by atoms with van der Waals surface area (Å²) in [5.41, 5.74) is 0. The first-order valence-electron chi connectivity index (χ1n) is 10.2. The van der Waals surface area contributed by atoms with E-state index in [1.54, 1.807) is 6.20 Å². The fourth-order valence-corrected chi connectivity index (χ4v) is 4.59. The number of piperidine rings is 1. The third-order valence-electron chi connectivity index (χ3n) is 4.95. The molecule has 7 nitrogen and oxygen atoms in total. The second-order valence-corrected chi connectivity index (χ2v) is 9.18. The number of sulfone groups is 1. The summed E-state index contributed by atoms with van der Waals surface area (Å²) < 4.78 is 38.6. The minimum absolute atomic E-state index is 0. The predicted octanol–water partition coefficient (Wildman–Crippen LogP) is 2.84. The van der Waals surface area contributed by atoms with Gasteiger partial charge in [0.2, 0.25) is 0 Å². The van der Waals surface area contributed by atoms with Gasteiger partial charge in [-0.25, -0.2) is 17.8 Å². The van der Waals surface area contributed by atoms with Crippen LogP contribution < -0.4 is 15.5 Å². The van der Waals surface area contributed by atoms with Gasteiger partial charge in [0.15, 0.2) is 15.8 Å². The maximum Gasteiger partial charge on any atom is 0.191 e. The van der Waals surface area contributed by atoms with Crippen LogP contribution >= 0.6 is 24.0 Å². The molecule has 1 aromatic heterocycles. The molecule has 10 heteroatoms. The summed E-state index contributed by atoms with van der Waals surface area (Å²) in [5.74, 6) is 0.585. The van der Waals surface area contributed by atoms with E-state index in [0.717, 1.165) is 37.8 Å². The Morgan fingerprint density at radius 1 is 1.19 bits per heavy atom. The van der Waals surface area contributed by atoms with Crippen LogP contribution in [0.25, 0.3) is 0 Å². The maximum absolute atomic E-state index is 13.8. The fraction of sp³-hybridized carbons (Fsp3) is 0.429. The molecule has 0 radical (unpaired) electrons. The Kier molecular flexibility index (Phi) is 9.94. The molecule has 1 aliphatic rings. The molecule has 1 fully saturated rings. The summed E-state index contributed by atoms with van der Waals surface area (Å²) in [7, 11) is -3.72. The first-order chi connectivity index (χ1) is 14.5. The van der Waals surface area contributed by atoms with Gasteiger partial charge < -0.3 is 15.5 Å². The summed E-state index contributed by atoms with van der Waals surface area (Å²) in [6.07, 6.45) is 3.65. The van der Waals surface area contributed by atoms with Crippen LogP contribution in [0, 0.1) is 5.82 Å². The van der Waals surface area contributed by atoms with Crippen LogP contribution in [-0.4, -0.2) is 57.3 Å². The van der Waals surface area contributed by atoms with Gasteiger partial charge in [-0.1, -0.05) is 18.2 Å². The van der Waals surface area contributed by atoms with Crippen LogP contribution in [0.15, 0.2) is 58.5 Å². The fourth-order valence-electron chi connectivity index (χ4n) is 3.39. The molecule has 2 aromatic rings. The number of aromatic nitrogens is 1. The third kappa shape index (κ3) is 7.30. The average molecular weight is 561 g/mol. The summed E-state index contributed by atoms with van der Waals surface area (Å²) >= 11 is 0. The summed E-state index contributed by atoms with van der Waals surface area (Å²) in [6, 6.07) is 11.6. The van der Waals surface area contributed by atoms with Crippen LogP contribution in [0.3, 0.4) is 0 Å². The minimum Gasteiger partial charge on any atom is -0.357 e. The van der Waals surface area contributed by atoms with Gasteiger partial charge in [-0.05, 0) is 44.0 Å². The summed E-state index contributed by atoms with van der Waals surface area (Å²) in [4.78, 5) is 10.8. The molecule has 0 atom stereocenters. The summed E-state index contributed by atoms with van der Waals surface area (Å²) in [6.45, 7) is 4.44. The largest absolute Gasteiger partial charge is 0.357 e. The van der Waals surface area contributed by atoms with E-state index < -0.39 is 15.7 Å². The standard InChI is InChI=1S/C21H28FN5O2S.HI/c1-2-23-21(25-13-16-30(28,29)19-8-4-3-7-18(19)22)26-17-10-14-27(15-11-17)20-9-5-6-12-24-20;/h3-9,12,17H,2,10-11,13-16H2,1H3,(H2,23,25,26);1H. The van der Waals surface area contributed by atoms with E-state index in [9.17, 15) is 12.8 Å². The lowest BCUT2D eigenvalue weighted by atomic mass is 10.1. The molecule has 0 bridgehead atoms. The molecule has 3 rings (SSSR count). The first kappa shape index (κ1) is 25.3. The quantitative estimate of drug-likeness (QED) is 0.307. The highest BCUT2D eigenvalue weighted by atomic mass is 127. The van der Waals surface area contributed by atoms with Crippen molar-refractivity contribution in [3.05, 3.63) is 54.5 Å². The Morgan fingerprint density at radius 3 is 2.55 bits per heavy atom. The molecule has 0 amide bonds. The number of rotatable bonds is 7. The second-order valence-electron chi connectivity index (χ2n) is 7.10. The number of hydrogen-bond donors (Lipinski definition) is 2. The van der Waals surface area contributed by atoms with Crippen molar-refractivity contribution in [3.8, 4) is 0 Å². The normalized spacial score (nSPS) is 15.3. The third-order valence-corrected chi connectivity index (χ3v) is 6.68. The molecule has 31 heavy (non-hydrogen) atoms. The molecular formula is C21H29FIN5O2S. The van der Waals surface area contributed by atoms with Crippen molar-refractivity contribution < 1.29 is 12.8 Å². The lowest BCUT2D eigenvalue weighted by Crippen LogP contribution is -2.49. The number of nitrogens with zero attached hydrogens (tertiary/aromatic N) is 3. The number of nitrogens with one attached hydrogen (secondary N) is 2. The molecule has 2 N–H and O–H groups in total. The highest BCUT2D eigenvalue weighted by molar-refractivity contribution is 14.0. The van der Waals surface area contributed by atoms with E-state index in [-0.39, 0.29) is 47.2 Å². The number of anilines is 1. The zero-order valence-electron chi connectivity index (χ0n) is 17.5. The molecule has 1 aromatic carbocycles. The molecule has 2 heterocycles. The molecular weight excluding hydrogens is 532 g/mol. The number of benzene rings is 1. The van der Waals surface area contributed by atoms with Gasteiger partial charge in [0.1, 0.15) is 16.5 Å². The van der Waals surface area contributed by atoms with E-state index in [4.69, 9.17) is 0 Å². The van der Waals surface area contributed by atoms with Crippen LogP contribution in [-0.2, 0) is 9.84 Å². The van der Waals surface area contributed by atoms with Crippen LogP contribution in [0.2, 0.25) is 0 Å². The van der Waals surface area contributed by atoms with Gasteiger partial charge in [-0.2, -0.15) is 0 Å². The van der Waals surface area contributed by atoms with E-state index in [2.05, 4.69) is 25.5 Å². The Hall–Kier alpha value is -1.95. The van der Waals surface area contributed by atoms with Crippen molar-refractivity contribution in [3.63, 3.8) is 0 Å². The molecule has 0 spiro atoms. The van der Waals surface area contributed by atoms with Crippen LogP contribution in [0.5, 0.6) is 0 Å². The second kappa shape index (κ2) is 12.2. The highest BCUT2D eigenvalue weighted by Crippen LogP contribution is 2.17. The topological polar surface area (TPSA) is 86.7 Å². The van der Waals surface area contributed by atoms with Gasteiger partial charge in [-0.3, -0.25) is 4.99 Å². The Bertz CT molecular complexity index is 951. The van der Waals surface area contributed by atoms with Crippen molar-refractivity contribution in [2.75, 3.05) is 36.8 Å². The van der Waals surface area contributed by atoms with Crippen LogP contribution in [0.1, 0.15) is 19.8 Å². The molecule has 1 saturated heterocycles. The van der Waals surface area contributed by atoms with Crippen LogP contribution in [0.4, 0.5) is 10.2 Å². The monoisotopic (exact) mass is 561 g/mol. The molecule has 0 unspecified atom stereocenters. The van der Waals surface area contributed by atoms with Crippen molar-refractivity contribution in [1.82, 2.24) is 15.6 Å². The SMILES string of the molecule is CCNC(=NCCS(=O)(=O)c1ccccc1F)NC1CCN(c2ccccn2)CC1.I.